The molecule has 0 saturated heterocycles. The maximum Gasteiger partial charge on any atom is 0.213 e. The molecular weight excluding hydrogens is 252 g/mol. The average molecular weight is 268 g/mol. The predicted molar refractivity (Wildman–Crippen MR) is 74.2 cm³/mol. The summed E-state index contributed by atoms with van der Waals surface area (Å²) in [4.78, 5) is 9.25. The minimum absolute atomic E-state index is 0.445. The molecule has 1 fully saturated rings. The molecule has 2 aromatic rings. The fourth-order valence-corrected chi connectivity index (χ4v) is 2.94. The minimum atomic E-state index is 0.445. The van der Waals surface area contributed by atoms with E-state index < -0.39 is 0 Å². The van der Waals surface area contributed by atoms with Gasteiger partial charge in [-0.25, -0.2) is 9.97 Å². The number of fused-ring (bicyclic) bond motifs is 7. The molecule has 1 aliphatic heterocycles. The topological polar surface area (TPSA) is 44.2 Å². The first kappa shape index (κ1) is 11.7. The van der Waals surface area contributed by atoms with Crippen LogP contribution >= 0.6 is 0 Å². The van der Waals surface area contributed by atoms with Gasteiger partial charge in [0.05, 0.1) is 0 Å². The standard InChI is InChI=1S/C16H16N2O2/c1-3-13-11-7-8-12(11)14-4-2-6-16(18-14)20-10-9-19-15(5-1)17-13/h1-6,11-12H,7-10H2/t11-,12+. The number of hydrogen-bond donors (Lipinski definition) is 0. The fraction of sp³-hybridized carbons (Fsp3) is 0.375. The Bertz CT molecular complexity index is 574. The van der Waals surface area contributed by atoms with E-state index in [2.05, 4.69) is 22.1 Å². The average Bonchev–Trinajstić information content (AvgIpc) is 2.43. The molecule has 20 heavy (non-hydrogen) atoms. The SMILES string of the molecule is c1cc2nc(c1)[C@H]1CC[C@H]1c1cccc(n1)OCCO2. The number of rotatable bonds is 0. The third-order valence-corrected chi connectivity index (χ3v) is 4.11. The molecule has 102 valence electrons. The minimum Gasteiger partial charge on any atom is -0.474 e. The maximum atomic E-state index is 5.63. The zero-order valence-electron chi connectivity index (χ0n) is 11.2. The van der Waals surface area contributed by atoms with Crippen LogP contribution in [0.25, 0.3) is 0 Å². The number of ether oxygens (including phenoxy) is 2. The van der Waals surface area contributed by atoms with Crippen molar-refractivity contribution >= 4 is 0 Å². The lowest BCUT2D eigenvalue weighted by Gasteiger charge is -2.36. The summed E-state index contributed by atoms with van der Waals surface area (Å²) in [6.45, 7) is 0.965. The van der Waals surface area contributed by atoms with Gasteiger partial charge in [0.2, 0.25) is 11.8 Å². The van der Waals surface area contributed by atoms with Crippen LogP contribution in [0.15, 0.2) is 36.4 Å². The molecule has 1 aliphatic carbocycles. The Morgan fingerprint density at radius 2 is 1.25 bits per heavy atom. The first-order valence-corrected chi connectivity index (χ1v) is 7.10. The molecule has 0 aromatic carbocycles. The van der Waals surface area contributed by atoms with Crippen LogP contribution in [-0.4, -0.2) is 23.2 Å². The van der Waals surface area contributed by atoms with Crippen molar-refractivity contribution in [2.24, 2.45) is 0 Å². The maximum absolute atomic E-state index is 5.63. The van der Waals surface area contributed by atoms with E-state index in [0.717, 1.165) is 24.2 Å². The van der Waals surface area contributed by atoms with Crippen LogP contribution < -0.4 is 9.47 Å². The Balaban J connectivity index is 1.75. The summed E-state index contributed by atoms with van der Waals surface area (Å²) in [5.74, 6) is 2.27. The molecule has 0 unspecified atom stereocenters. The summed E-state index contributed by atoms with van der Waals surface area (Å²) in [6, 6.07) is 12.0. The highest BCUT2D eigenvalue weighted by Gasteiger charge is 2.35. The normalized spacial score (nSPS) is 24.0. The molecule has 4 rings (SSSR count). The van der Waals surface area contributed by atoms with E-state index in [1.54, 1.807) is 0 Å². The molecule has 2 aromatic heterocycles. The van der Waals surface area contributed by atoms with Crippen LogP contribution in [-0.2, 0) is 0 Å². The molecule has 0 amide bonds. The zero-order chi connectivity index (χ0) is 13.4. The van der Waals surface area contributed by atoms with Crippen LogP contribution in [0.5, 0.6) is 11.8 Å². The molecule has 1 saturated carbocycles. The van der Waals surface area contributed by atoms with Crippen molar-refractivity contribution in [1.82, 2.24) is 9.97 Å². The molecule has 4 bridgehead atoms. The largest absolute Gasteiger partial charge is 0.474 e. The van der Waals surface area contributed by atoms with Crippen molar-refractivity contribution in [1.29, 1.82) is 0 Å². The van der Waals surface area contributed by atoms with Crippen LogP contribution in [0.3, 0.4) is 0 Å². The fourth-order valence-electron chi connectivity index (χ4n) is 2.94. The second kappa shape index (κ2) is 4.78. The predicted octanol–water partition coefficient (Wildman–Crippen LogP) is 2.91. The summed E-state index contributed by atoms with van der Waals surface area (Å²) in [5.41, 5.74) is 2.24. The van der Waals surface area contributed by atoms with Crippen LogP contribution in [0.2, 0.25) is 0 Å². The Morgan fingerprint density at radius 1 is 0.750 bits per heavy atom. The van der Waals surface area contributed by atoms with Gasteiger partial charge in [-0.3, -0.25) is 0 Å². The Kier molecular flexibility index (Phi) is 2.80. The van der Waals surface area contributed by atoms with E-state index in [4.69, 9.17) is 9.47 Å². The van der Waals surface area contributed by atoms with Crippen molar-refractivity contribution in [2.75, 3.05) is 13.2 Å². The smallest absolute Gasteiger partial charge is 0.213 e. The van der Waals surface area contributed by atoms with Gasteiger partial charge < -0.3 is 9.47 Å². The van der Waals surface area contributed by atoms with Gasteiger partial charge in [-0.05, 0) is 25.0 Å². The highest BCUT2D eigenvalue weighted by Crippen LogP contribution is 2.48. The second-order valence-electron chi connectivity index (χ2n) is 5.29. The molecule has 0 spiro atoms. The zero-order valence-corrected chi connectivity index (χ0v) is 11.2. The van der Waals surface area contributed by atoms with E-state index in [9.17, 15) is 0 Å². The highest BCUT2D eigenvalue weighted by molar-refractivity contribution is 5.29. The summed E-state index contributed by atoms with van der Waals surface area (Å²) < 4.78 is 11.3. The first-order valence-electron chi connectivity index (χ1n) is 7.10. The van der Waals surface area contributed by atoms with Gasteiger partial charge in [-0.15, -0.1) is 0 Å². The van der Waals surface area contributed by atoms with Crippen LogP contribution in [0.1, 0.15) is 36.1 Å². The highest BCUT2D eigenvalue weighted by atomic mass is 16.5. The van der Waals surface area contributed by atoms with Gasteiger partial charge in [0.1, 0.15) is 13.2 Å². The Hall–Kier alpha value is -2.10. The third kappa shape index (κ3) is 2.01. The van der Waals surface area contributed by atoms with Crippen LogP contribution in [0.4, 0.5) is 0 Å². The van der Waals surface area contributed by atoms with Gasteiger partial charge in [-0.2, -0.15) is 0 Å². The van der Waals surface area contributed by atoms with E-state index in [-0.39, 0.29) is 0 Å². The lowest BCUT2D eigenvalue weighted by Crippen LogP contribution is -2.24. The van der Waals surface area contributed by atoms with Crippen molar-refractivity contribution < 1.29 is 9.47 Å². The molecule has 2 atom stereocenters. The Morgan fingerprint density at radius 3 is 1.70 bits per heavy atom. The third-order valence-electron chi connectivity index (χ3n) is 4.11. The summed E-state index contributed by atoms with van der Waals surface area (Å²) in [5, 5.41) is 0. The molecule has 0 N–H and O–H groups in total. The van der Waals surface area contributed by atoms with Gasteiger partial charge in [0.15, 0.2) is 0 Å². The van der Waals surface area contributed by atoms with E-state index in [1.807, 2.05) is 24.3 Å². The van der Waals surface area contributed by atoms with Gasteiger partial charge in [0, 0.05) is 35.4 Å². The van der Waals surface area contributed by atoms with Crippen molar-refractivity contribution in [3.8, 4) is 11.8 Å². The number of nitrogens with zero attached hydrogens (tertiary/aromatic N) is 2. The number of pyridine rings is 2. The second-order valence-corrected chi connectivity index (χ2v) is 5.29. The lowest BCUT2D eigenvalue weighted by molar-refractivity contribution is 0.202. The molecule has 4 nitrogen and oxygen atoms in total. The summed E-state index contributed by atoms with van der Waals surface area (Å²) in [7, 11) is 0. The molecule has 2 aliphatic rings. The molecule has 0 radical (unpaired) electrons. The van der Waals surface area contributed by atoms with Gasteiger partial charge in [0.25, 0.3) is 0 Å². The Labute approximate surface area is 117 Å². The molecule has 4 heteroatoms. The lowest BCUT2D eigenvalue weighted by atomic mass is 9.70. The van der Waals surface area contributed by atoms with Crippen molar-refractivity contribution in [2.45, 2.75) is 24.7 Å². The van der Waals surface area contributed by atoms with Gasteiger partial charge >= 0.3 is 0 Å². The van der Waals surface area contributed by atoms with E-state index in [1.165, 1.54) is 0 Å². The van der Waals surface area contributed by atoms with E-state index >= 15 is 0 Å². The molecule has 3 heterocycles. The monoisotopic (exact) mass is 268 g/mol. The first-order chi connectivity index (χ1) is 9.90. The number of hydrogen-bond acceptors (Lipinski definition) is 4. The summed E-state index contributed by atoms with van der Waals surface area (Å²) >= 11 is 0. The summed E-state index contributed by atoms with van der Waals surface area (Å²) in [6.07, 6.45) is 2.32. The van der Waals surface area contributed by atoms with E-state index in [0.29, 0.717) is 36.8 Å². The number of aromatic nitrogens is 2. The quantitative estimate of drug-likeness (QED) is 0.737. The van der Waals surface area contributed by atoms with Crippen molar-refractivity contribution in [3.63, 3.8) is 0 Å². The van der Waals surface area contributed by atoms with Crippen LogP contribution in [0, 0.1) is 0 Å². The molecular formula is C16H16N2O2. The van der Waals surface area contributed by atoms with Gasteiger partial charge in [-0.1, -0.05) is 12.1 Å². The van der Waals surface area contributed by atoms with Crippen molar-refractivity contribution in [3.05, 3.63) is 47.8 Å².